The highest BCUT2D eigenvalue weighted by atomic mass is 16.2. The van der Waals surface area contributed by atoms with Crippen LogP contribution in [0.3, 0.4) is 0 Å². The molecule has 0 aliphatic rings. The summed E-state index contributed by atoms with van der Waals surface area (Å²) in [5, 5.41) is 0. The zero-order valence-electron chi connectivity index (χ0n) is 7.18. The van der Waals surface area contributed by atoms with Crippen molar-refractivity contribution in [3.05, 3.63) is 55.7 Å². The van der Waals surface area contributed by atoms with Crippen LogP contribution in [0.25, 0.3) is 0 Å². The standard InChI is InChI=1S/C10H10N2O/c1-3-5-9(4-2)10(13)12-7-6-11-8-12/h3-8H,1-2H2/b9-5+. The van der Waals surface area contributed by atoms with Gasteiger partial charge in [-0.1, -0.05) is 31.4 Å². The fourth-order valence-corrected chi connectivity index (χ4v) is 0.882. The molecule has 0 spiro atoms. The molecule has 0 aliphatic carbocycles. The number of aromatic nitrogens is 2. The van der Waals surface area contributed by atoms with E-state index in [-0.39, 0.29) is 5.91 Å². The summed E-state index contributed by atoms with van der Waals surface area (Å²) in [4.78, 5) is 15.3. The summed E-state index contributed by atoms with van der Waals surface area (Å²) >= 11 is 0. The second kappa shape index (κ2) is 4.21. The van der Waals surface area contributed by atoms with Gasteiger partial charge in [-0.15, -0.1) is 0 Å². The zero-order chi connectivity index (χ0) is 9.68. The minimum absolute atomic E-state index is 0.160. The van der Waals surface area contributed by atoms with Gasteiger partial charge in [0.1, 0.15) is 6.33 Å². The maximum absolute atomic E-state index is 11.6. The molecule has 0 radical (unpaired) electrons. The van der Waals surface area contributed by atoms with Gasteiger partial charge in [-0.3, -0.25) is 9.36 Å². The van der Waals surface area contributed by atoms with Crippen molar-refractivity contribution >= 4 is 5.91 Å². The molecule has 0 saturated carbocycles. The van der Waals surface area contributed by atoms with Crippen LogP contribution >= 0.6 is 0 Å². The third-order valence-electron chi connectivity index (χ3n) is 1.50. The van der Waals surface area contributed by atoms with E-state index in [0.717, 1.165) is 0 Å². The van der Waals surface area contributed by atoms with Gasteiger partial charge >= 0.3 is 0 Å². The molecule has 0 aliphatic heterocycles. The molecule has 3 heteroatoms. The first-order valence-corrected chi connectivity index (χ1v) is 3.77. The highest BCUT2D eigenvalue weighted by Gasteiger charge is 2.05. The number of hydrogen-bond donors (Lipinski definition) is 0. The third kappa shape index (κ3) is 2.02. The van der Waals surface area contributed by atoms with Gasteiger partial charge in [-0.05, 0) is 0 Å². The lowest BCUT2D eigenvalue weighted by atomic mass is 10.2. The highest BCUT2D eigenvalue weighted by Crippen LogP contribution is 2.01. The lowest BCUT2D eigenvalue weighted by Crippen LogP contribution is -2.09. The van der Waals surface area contributed by atoms with Crippen LogP contribution in [0.5, 0.6) is 0 Å². The topological polar surface area (TPSA) is 34.9 Å². The number of rotatable bonds is 3. The van der Waals surface area contributed by atoms with Crippen LogP contribution in [-0.4, -0.2) is 15.5 Å². The van der Waals surface area contributed by atoms with Crippen LogP contribution in [0.2, 0.25) is 0 Å². The largest absolute Gasteiger partial charge is 0.272 e. The maximum Gasteiger partial charge on any atom is 0.263 e. The van der Waals surface area contributed by atoms with E-state index in [0.29, 0.717) is 5.57 Å². The van der Waals surface area contributed by atoms with Gasteiger partial charge in [0.05, 0.1) is 0 Å². The summed E-state index contributed by atoms with van der Waals surface area (Å²) in [6.45, 7) is 7.05. The average Bonchev–Trinajstić information content (AvgIpc) is 2.65. The fraction of sp³-hybridized carbons (Fsp3) is 0. The number of carbonyl (C=O) groups excluding carboxylic acids is 1. The molecule has 1 aromatic rings. The van der Waals surface area contributed by atoms with Crippen molar-refractivity contribution in [3.63, 3.8) is 0 Å². The van der Waals surface area contributed by atoms with E-state index in [2.05, 4.69) is 18.1 Å². The molecule has 3 nitrogen and oxygen atoms in total. The number of carbonyl (C=O) groups is 1. The molecule has 0 aromatic carbocycles. The maximum atomic E-state index is 11.6. The molecule has 0 fully saturated rings. The van der Waals surface area contributed by atoms with Gasteiger partial charge in [0, 0.05) is 18.0 Å². The molecule has 0 atom stereocenters. The zero-order valence-corrected chi connectivity index (χ0v) is 7.18. The van der Waals surface area contributed by atoms with Crippen LogP contribution in [0.1, 0.15) is 4.79 Å². The Labute approximate surface area is 76.7 Å². The van der Waals surface area contributed by atoms with Crippen molar-refractivity contribution in [2.75, 3.05) is 0 Å². The van der Waals surface area contributed by atoms with Gasteiger partial charge < -0.3 is 0 Å². The van der Waals surface area contributed by atoms with Crippen LogP contribution in [-0.2, 0) is 0 Å². The Morgan fingerprint density at radius 2 is 2.23 bits per heavy atom. The van der Waals surface area contributed by atoms with Gasteiger partial charge in [0.2, 0.25) is 0 Å². The van der Waals surface area contributed by atoms with E-state index in [1.54, 1.807) is 24.5 Å². The quantitative estimate of drug-likeness (QED) is 0.517. The first kappa shape index (κ1) is 9.19. The number of nitrogens with zero attached hydrogens (tertiary/aromatic N) is 2. The van der Waals surface area contributed by atoms with Crippen molar-refractivity contribution in [2.45, 2.75) is 0 Å². The minimum Gasteiger partial charge on any atom is -0.272 e. The average molecular weight is 174 g/mol. The van der Waals surface area contributed by atoms with Crippen LogP contribution in [0.4, 0.5) is 0 Å². The van der Waals surface area contributed by atoms with Crippen LogP contribution in [0.15, 0.2) is 55.7 Å². The fourth-order valence-electron chi connectivity index (χ4n) is 0.882. The van der Waals surface area contributed by atoms with Crippen molar-refractivity contribution in [1.29, 1.82) is 0 Å². The van der Waals surface area contributed by atoms with E-state index in [1.165, 1.54) is 17.0 Å². The number of hydrogen-bond acceptors (Lipinski definition) is 2. The molecule has 1 rings (SSSR count). The second-order valence-corrected chi connectivity index (χ2v) is 2.34. The van der Waals surface area contributed by atoms with E-state index >= 15 is 0 Å². The molecule has 1 heterocycles. The minimum atomic E-state index is -0.160. The summed E-state index contributed by atoms with van der Waals surface area (Å²) in [7, 11) is 0. The van der Waals surface area contributed by atoms with Crippen LogP contribution in [0, 0.1) is 0 Å². The van der Waals surface area contributed by atoms with E-state index < -0.39 is 0 Å². The monoisotopic (exact) mass is 174 g/mol. The summed E-state index contributed by atoms with van der Waals surface area (Å²) in [6, 6.07) is 0. The Balaban J connectivity index is 2.95. The molecule has 0 saturated heterocycles. The molecule has 13 heavy (non-hydrogen) atoms. The molecule has 0 bridgehead atoms. The SMILES string of the molecule is C=C/C=C(\C=C)C(=O)n1ccnc1. The Morgan fingerprint density at radius 3 is 2.69 bits per heavy atom. The van der Waals surface area contributed by atoms with Crippen molar-refractivity contribution in [2.24, 2.45) is 0 Å². The Hall–Kier alpha value is -1.90. The number of imidazole rings is 1. The molecule has 1 aromatic heterocycles. The highest BCUT2D eigenvalue weighted by molar-refractivity contribution is 5.97. The van der Waals surface area contributed by atoms with Crippen LogP contribution < -0.4 is 0 Å². The van der Waals surface area contributed by atoms with Gasteiger partial charge in [0.15, 0.2) is 0 Å². The van der Waals surface area contributed by atoms with Gasteiger partial charge in [-0.2, -0.15) is 0 Å². The van der Waals surface area contributed by atoms with E-state index in [4.69, 9.17) is 0 Å². The lowest BCUT2D eigenvalue weighted by Gasteiger charge is -1.99. The van der Waals surface area contributed by atoms with Crippen molar-refractivity contribution in [1.82, 2.24) is 9.55 Å². The third-order valence-corrected chi connectivity index (χ3v) is 1.50. The first-order chi connectivity index (χ1) is 6.29. The summed E-state index contributed by atoms with van der Waals surface area (Å²) in [5.74, 6) is -0.160. The molecular weight excluding hydrogens is 164 g/mol. The smallest absolute Gasteiger partial charge is 0.263 e. The molecule has 66 valence electrons. The Kier molecular flexibility index (Phi) is 2.97. The first-order valence-electron chi connectivity index (χ1n) is 3.77. The van der Waals surface area contributed by atoms with Crippen molar-refractivity contribution in [3.8, 4) is 0 Å². The van der Waals surface area contributed by atoms with Gasteiger partial charge in [0.25, 0.3) is 5.91 Å². The lowest BCUT2D eigenvalue weighted by molar-refractivity contribution is 0.0959. The van der Waals surface area contributed by atoms with E-state index in [9.17, 15) is 4.79 Å². The molecular formula is C10H10N2O. The second-order valence-electron chi connectivity index (χ2n) is 2.34. The Morgan fingerprint density at radius 1 is 1.46 bits per heavy atom. The molecule has 0 unspecified atom stereocenters. The molecule has 0 amide bonds. The predicted molar refractivity (Wildman–Crippen MR) is 51.3 cm³/mol. The van der Waals surface area contributed by atoms with E-state index in [1.807, 2.05) is 0 Å². The van der Waals surface area contributed by atoms with Gasteiger partial charge in [-0.25, -0.2) is 4.98 Å². The summed E-state index contributed by atoms with van der Waals surface area (Å²) < 4.78 is 1.39. The summed E-state index contributed by atoms with van der Waals surface area (Å²) in [6.07, 6.45) is 9.23. The summed E-state index contributed by atoms with van der Waals surface area (Å²) in [5.41, 5.74) is 0.494. The Bertz CT molecular complexity index is 347. The van der Waals surface area contributed by atoms with Crippen molar-refractivity contribution < 1.29 is 4.79 Å². The normalized spacial score (nSPS) is 10.9. The number of allylic oxidation sites excluding steroid dienone is 4. The molecule has 0 N–H and O–H groups in total. The predicted octanol–water partition coefficient (Wildman–Crippen LogP) is 1.82.